The minimum Gasteiger partial charge on any atom is -0.368 e. The molecule has 3 aliphatic rings. The molecule has 158 valence electrons. The average molecular weight is 411 g/mol. The van der Waals surface area contributed by atoms with Gasteiger partial charge in [-0.05, 0) is 18.9 Å². The van der Waals surface area contributed by atoms with Gasteiger partial charge in [0.1, 0.15) is 18.2 Å². The van der Waals surface area contributed by atoms with E-state index in [1.807, 2.05) is 28.1 Å². The first-order chi connectivity index (χ1) is 14.7. The van der Waals surface area contributed by atoms with E-state index in [9.17, 15) is 9.59 Å². The van der Waals surface area contributed by atoms with Gasteiger partial charge < -0.3 is 19.4 Å². The van der Waals surface area contributed by atoms with Gasteiger partial charge in [0.25, 0.3) is 5.91 Å². The number of amides is 2. The summed E-state index contributed by atoms with van der Waals surface area (Å²) in [5.74, 6) is 1.70. The lowest BCUT2D eigenvalue weighted by molar-refractivity contribution is -0.147. The van der Waals surface area contributed by atoms with Crippen molar-refractivity contribution in [1.29, 1.82) is 0 Å². The van der Waals surface area contributed by atoms with E-state index < -0.39 is 0 Å². The standard InChI is InChI=1S/C20H25N7O3/c28-19(24-6-8-25(9-7-24)20(29)16-3-1-10-30-16)15-12-26(13-15)17-11-18(22-14-21-17)27-5-2-4-23-27/h2,4-5,11,14-16H,1,3,6-10,12-13H2/t16-/m0/s1. The van der Waals surface area contributed by atoms with Crippen LogP contribution >= 0.6 is 0 Å². The molecule has 10 heteroatoms. The van der Waals surface area contributed by atoms with E-state index in [0.29, 0.717) is 51.7 Å². The molecule has 0 radical (unpaired) electrons. The van der Waals surface area contributed by atoms with Crippen LogP contribution in [0.15, 0.2) is 30.9 Å². The third-order valence-electron chi connectivity index (χ3n) is 6.04. The third kappa shape index (κ3) is 3.62. The van der Waals surface area contributed by atoms with Crippen LogP contribution < -0.4 is 4.90 Å². The van der Waals surface area contributed by atoms with Gasteiger partial charge in [-0.2, -0.15) is 5.10 Å². The van der Waals surface area contributed by atoms with E-state index >= 15 is 0 Å². The summed E-state index contributed by atoms with van der Waals surface area (Å²) >= 11 is 0. The molecule has 3 aliphatic heterocycles. The number of carbonyl (C=O) groups excluding carboxylic acids is 2. The molecule has 1 atom stereocenters. The van der Waals surface area contributed by atoms with Crippen molar-refractivity contribution < 1.29 is 14.3 Å². The number of ether oxygens (including phenoxy) is 1. The number of anilines is 1. The van der Waals surface area contributed by atoms with Gasteiger partial charge >= 0.3 is 0 Å². The maximum Gasteiger partial charge on any atom is 0.251 e. The van der Waals surface area contributed by atoms with Gasteiger partial charge in [0, 0.05) is 64.3 Å². The molecule has 10 nitrogen and oxygen atoms in total. The van der Waals surface area contributed by atoms with Crippen LogP contribution in [0.1, 0.15) is 12.8 Å². The highest BCUT2D eigenvalue weighted by atomic mass is 16.5. The van der Waals surface area contributed by atoms with Crippen LogP contribution in [0.2, 0.25) is 0 Å². The van der Waals surface area contributed by atoms with E-state index in [1.54, 1.807) is 10.9 Å². The monoisotopic (exact) mass is 411 g/mol. The predicted molar refractivity (Wildman–Crippen MR) is 107 cm³/mol. The quantitative estimate of drug-likeness (QED) is 0.696. The molecule has 0 aromatic carbocycles. The maximum atomic E-state index is 12.9. The highest BCUT2D eigenvalue weighted by Crippen LogP contribution is 2.25. The molecule has 0 aliphatic carbocycles. The Balaban J connectivity index is 1.12. The van der Waals surface area contributed by atoms with Crippen molar-refractivity contribution in [2.75, 3.05) is 50.8 Å². The van der Waals surface area contributed by atoms with Crippen LogP contribution in [0.25, 0.3) is 5.82 Å². The maximum absolute atomic E-state index is 12.9. The Morgan fingerprint density at radius 1 is 1.00 bits per heavy atom. The molecule has 0 spiro atoms. The smallest absolute Gasteiger partial charge is 0.251 e. The molecule has 0 bridgehead atoms. The zero-order valence-electron chi connectivity index (χ0n) is 16.8. The minimum atomic E-state index is -0.285. The largest absolute Gasteiger partial charge is 0.368 e. The lowest BCUT2D eigenvalue weighted by Gasteiger charge is -2.43. The van der Waals surface area contributed by atoms with Gasteiger partial charge in [-0.15, -0.1) is 0 Å². The fourth-order valence-corrected chi connectivity index (χ4v) is 4.24. The highest BCUT2D eigenvalue weighted by Gasteiger charge is 2.38. The second kappa shape index (κ2) is 8.02. The molecule has 2 amide bonds. The first-order valence-corrected chi connectivity index (χ1v) is 10.5. The number of hydrogen-bond acceptors (Lipinski definition) is 7. The molecule has 0 unspecified atom stereocenters. The normalized spacial score (nSPS) is 22.3. The minimum absolute atomic E-state index is 0.0338. The third-order valence-corrected chi connectivity index (χ3v) is 6.04. The summed E-state index contributed by atoms with van der Waals surface area (Å²) in [5.41, 5.74) is 0. The SMILES string of the molecule is O=C(C1CN(c2cc(-n3cccn3)ncn2)C1)N1CCN(C(=O)[C@@H]2CCCO2)CC1. The van der Waals surface area contributed by atoms with Crippen molar-refractivity contribution in [3.63, 3.8) is 0 Å². The lowest BCUT2D eigenvalue weighted by atomic mass is 9.98. The van der Waals surface area contributed by atoms with E-state index in [4.69, 9.17) is 4.74 Å². The van der Waals surface area contributed by atoms with Gasteiger partial charge in [0.05, 0.1) is 5.92 Å². The zero-order valence-corrected chi connectivity index (χ0v) is 16.8. The number of aromatic nitrogens is 4. The van der Waals surface area contributed by atoms with Gasteiger partial charge in [0.2, 0.25) is 5.91 Å². The molecule has 0 N–H and O–H groups in total. The van der Waals surface area contributed by atoms with Crippen LogP contribution in [0.3, 0.4) is 0 Å². The van der Waals surface area contributed by atoms with Gasteiger partial charge in [0.15, 0.2) is 5.82 Å². The molecule has 3 fully saturated rings. The summed E-state index contributed by atoms with van der Waals surface area (Å²) in [5, 5.41) is 4.19. The Hall–Kier alpha value is -3.01. The molecule has 3 saturated heterocycles. The fourth-order valence-electron chi connectivity index (χ4n) is 4.24. The Morgan fingerprint density at radius 3 is 2.40 bits per heavy atom. The Kier molecular flexibility index (Phi) is 5.07. The Bertz CT molecular complexity index is 899. The van der Waals surface area contributed by atoms with Gasteiger partial charge in [-0.3, -0.25) is 9.59 Å². The van der Waals surface area contributed by atoms with Crippen LogP contribution in [-0.4, -0.2) is 93.3 Å². The molecule has 2 aromatic rings. The molecule has 2 aromatic heterocycles. The van der Waals surface area contributed by atoms with Crippen molar-refractivity contribution in [2.24, 2.45) is 5.92 Å². The Labute approximate surface area is 174 Å². The summed E-state index contributed by atoms with van der Waals surface area (Å²) < 4.78 is 7.19. The molecule has 30 heavy (non-hydrogen) atoms. The number of nitrogens with zero attached hydrogens (tertiary/aromatic N) is 7. The lowest BCUT2D eigenvalue weighted by Crippen LogP contribution is -2.59. The van der Waals surface area contributed by atoms with Crippen LogP contribution in [0.5, 0.6) is 0 Å². The van der Waals surface area contributed by atoms with Crippen molar-refractivity contribution >= 4 is 17.6 Å². The second-order valence-electron chi connectivity index (χ2n) is 7.94. The number of piperazine rings is 1. The summed E-state index contributed by atoms with van der Waals surface area (Å²) in [6.07, 6.45) is 6.52. The summed E-state index contributed by atoms with van der Waals surface area (Å²) in [7, 11) is 0. The van der Waals surface area contributed by atoms with Gasteiger partial charge in [-0.25, -0.2) is 14.6 Å². The van der Waals surface area contributed by atoms with Crippen molar-refractivity contribution in [3.05, 3.63) is 30.9 Å². The Morgan fingerprint density at radius 2 is 1.73 bits per heavy atom. The van der Waals surface area contributed by atoms with Crippen molar-refractivity contribution in [2.45, 2.75) is 18.9 Å². The summed E-state index contributed by atoms with van der Waals surface area (Å²) in [6, 6.07) is 3.72. The van der Waals surface area contributed by atoms with E-state index in [1.165, 1.54) is 6.33 Å². The summed E-state index contributed by atoms with van der Waals surface area (Å²) in [6.45, 7) is 4.30. The highest BCUT2D eigenvalue weighted by molar-refractivity contribution is 5.83. The fraction of sp³-hybridized carbons (Fsp3) is 0.550. The second-order valence-corrected chi connectivity index (χ2v) is 7.94. The number of rotatable bonds is 4. The molecule has 0 saturated carbocycles. The zero-order chi connectivity index (χ0) is 20.5. The van der Waals surface area contributed by atoms with Crippen LogP contribution in [0.4, 0.5) is 5.82 Å². The topological polar surface area (TPSA) is 96.7 Å². The first-order valence-electron chi connectivity index (χ1n) is 10.5. The van der Waals surface area contributed by atoms with Crippen LogP contribution in [0, 0.1) is 5.92 Å². The van der Waals surface area contributed by atoms with E-state index in [-0.39, 0.29) is 23.8 Å². The van der Waals surface area contributed by atoms with Crippen LogP contribution in [-0.2, 0) is 14.3 Å². The summed E-state index contributed by atoms with van der Waals surface area (Å²) in [4.78, 5) is 39.7. The predicted octanol–water partition coefficient (Wildman–Crippen LogP) is -0.0517. The number of carbonyl (C=O) groups is 2. The molecule has 5 heterocycles. The van der Waals surface area contributed by atoms with E-state index in [2.05, 4.69) is 20.0 Å². The number of hydrogen-bond donors (Lipinski definition) is 0. The molecular formula is C20H25N7O3. The first kappa shape index (κ1) is 19.0. The van der Waals surface area contributed by atoms with Crippen molar-refractivity contribution in [3.8, 4) is 5.82 Å². The molecular weight excluding hydrogens is 386 g/mol. The van der Waals surface area contributed by atoms with Crippen molar-refractivity contribution in [1.82, 2.24) is 29.5 Å². The van der Waals surface area contributed by atoms with E-state index in [0.717, 1.165) is 18.7 Å². The molecule has 5 rings (SSSR count). The van der Waals surface area contributed by atoms with Gasteiger partial charge in [-0.1, -0.05) is 0 Å². The average Bonchev–Trinajstić information content (AvgIpc) is 3.47.